The lowest BCUT2D eigenvalue weighted by atomic mass is 9.56. The van der Waals surface area contributed by atoms with Crippen LogP contribution in [0.25, 0.3) is 0 Å². The summed E-state index contributed by atoms with van der Waals surface area (Å²) in [5.74, 6) is 0. The van der Waals surface area contributed by atoms with Crippen LogP contribution in [0.5, 0.6) is 0 Å². The quantitative estimate of drug-likeness (QED) is 0.223. The monoisotopic (exact) mass is 402 g/mol. The van der Waals surface area contributed by atoms with Gasteiger partial charge in [0.1, 0.15) is 36.6 Å². The van der Waals surface area contributed by atoms with E-state index in [2.05, 4.69) is 4.52 Å². The first-order chi connectivity index (χ1) is 12.1. The van der Waals surface area contributed by atoms with E-state index in [-0.39, 0.29) is 0 Å². The van der Waals surface area contributed by atoms with Gasteiger partial charge in [0.25, 0.3) is 0 Å². The molecule has 3 aliphatic heterocycles. The SMILES string of the molecule is O=P1(O)OCC2OC(OC3OC4(CO)C(O)C(O)C34O)C(O)C(O)C2O1. The number of hydrogen-bond acceptors (Lipinski definition) is 12. The van der Waals surface area contributed by atoms with Crippen molar-refractivity contribution in [1.29, 1.82) is 0 Å². The van der Waals surface area contributed by atoms with Gasteiger partial charge in [-0.3, -0.25) is 9.05 Å². The summed E-state index contributed by atoms with van der Waals surface area (Å²) in [6.07, 6.45) is -12.2. The lowest BCUT2D eigenvalue weighted by Gasteiger charge is -2.71. The van der Waals surface area contributed by atoms with Crippen molar-refractivity contribution in [3.05, 3.63) is 0 Å². The Bertz CT molecular complexity index is 630. The van der Waals surface area contributed by atoms with Crippen LogP contribution in [0, 0.1) is 0 Å². The molecule has 11 unspecified atom stereocenters. The number of aliphatic hydroxyl groups excluding tert-OH is 5. The Kier molecular flexibility index (Phi) is 4.31. The van der Waals surface area contributed by atoms with Crippen molar-refractivity contribution < 1.29 is 63.4 Å². The summed E-state index contributed by atoms with van der Waals surface area (Å²) in [6.45, 7) is -1.23. The number of hydrogen-bond donors (Lipinski definition) is 7. The first-order valence-electron chi connectivity index (χ1n) is 7.77. The molecule has 0 aromatic carbocycles. The molecule has 1 saturated carbocycles. The van der Waals surface area contributed by atoms with Gasteiger partial charge in [0.2, 0.25) is 0 Å². The summed E-state index contributed by atoms with van der Waals surface area (Å²) in [5, 5.41) is 59.5. The fraction of sp³-hybridized carbons (Fsp3) is 1.00. The average molecular weight is 402 g/mol. The van der Waals surface area contributed by atoms with E-state index in [4.69, 9.17) is 18.7 Å². The molecule has 0 bridgehead atoms. The second kappa shape index (κ2) is 5.87. The van der Waals surface area contributed by atoms with Crippen LogP contribution in [0.15, 0.2) is 0 Å². The lowest BCUT2D eigenvalue weighted by Crippen LogP contribution is -2.96. The van der Waals surface area contributed by atoms with Crippen LogP contribution in [-0.4, -0.2) is 109 Å². The van der Waals surface area contributed by atoms with E-state index in [0.29, 0.717) is 0 Å². The number of aliphatic hydroxyl groups is 6. The molecule has 0 amide bonds. The number of phosphoric ester groups is 1. The van der Waals surface area contributed by atoms with Crippen LogP contribution >= 0.6 is 7.82 Å². The average Bonchev–Trinajstić information content (AvgIpc) is 2.60. The maximum absolute atomic E-state index is 11.4. The summed E-state index contributed by atoms with van der Waals surface area (Å²) < 4.78 is 36.5. The lowest BCUT2D eigenvalue weighted by molar-refractivity contribution is -0.538. The summed E-state index contributed by atoms with van der Waals surface area (Å²) >= 11 is 0. The molecule has 0 radical (unpaired) electrons. The third-order valence-corrected chi connectivity index (χ3v) is 6.36. The Balaban J connectivity index is 1.46. The largest absolute Gasteiger partial charge is 0.472 e. The van der Waals surface area contributed by atoms with Crippen LogP contribution in [0.2, 0.25) is 0 Å². The van der Waals surface area contributed by atoms with Gasteiger partial charge in [0.05, 0.1) is 13.2 Å². The zero-order valence-corrected chi connectivity index (χ0v) is 14.0. The van der Waals surface area contributed by atoms with Crippen LogP contribution < -0.4 is 0 Å². The van der Waals surface area contributed by atoms with Gasteiger partial charge < -0.3 is 49.7 Å². The van der Waals surface area contributed by atoms with E-state index >= 15 is 0 Å². The molecule has 3 heterocycles. The van der Waals surface area contributed by atoms with Gasteiger partial charge in [-0.25, -0.2) is 4.57 Å². The smallest absolute Gasteiger partial charge is 0.393 e. The van der Waals surface area contributed by atoms with Crippen molar-refractivity contribution >= 4 is 7.82 Å². The van der Waals surface area contributed by atoms with Gasteiger partial charge in [-0.2, -0.15) is 0 Å². The van der Waals surface area contributed by atoms with Gasteiger partial charge in [-0.1, -0.05) is 0 Å². The first kappa shape index (κ1) is 19.1. The minimum absolute atomic E-state index is 0.431. The predicted octanol–water partition coefficient (Wildman–Crippen LogP) is -4.48. The summed E-state index contributed by atoms with van der Waals surface area (Å²) in [7, 11) is -4.38. The second-order valence-corrected chi connectivity index (χ2v) is 8.11. The summed E-state index contributed by atoms with van der Waals surface area (Å²) in [5.41, 5.74) is -3.97. The third kappa shape index (κ3) is 2.26. The summed E-state index contributed by atoms with van der Waals surface area (Å²) in [4.78, 5) is 9.29. The highest BCUT2D eigenvalue weighted by atomic mass is 31.2. The molecule has 0 spiro atoms. The van der Waals surface area contributed by atoms with Crippen molar-refractivity contribution in [3.8, 4) is 0 Å². The van der Waals surface area contributed by atoms with Gasteiger partial charge in [-0.05, 0) is 0 Å². The van der Waals surface area contributed by atoms with Gasteiger partial charge in [0.15, 0.2) is 23.8 Å². The van der Waals surface area contributed by atoms with Crippen molar-refractivity contribution in [3.63, 3.8) is 0 Å². The van der Waals surface area contributed by atoms with E-state index in [1.807, 2.05) is 0 Å². The molecule has 11 atom stereocenters. The molecule has 14 heteroatoms. The Morgan fingerprint density at radius 3 is 2.50 bits per heavy atom. The molecule has 4 aliphatic rings. The molecular weight excluding hydrogens is 383 g/mol. The normalized spacial score (nSPS) is 61.8. The second-order valence-electron chi connectivity index (χ2n) is 6.71. The van der Waals surface area contributed by atoms with Crippen molar-refractivity contribution in [2.45, 2.75) is 60.4 Å². The minimum atomic E-state index is -4.38. The van der Waals surface area contributed by atoms with Crippen molar-refractivity contribution in [2.24, 2.45) is 0 Å². The molecule has 4 fully saturated rings. The highest BCUT2D eigenvalue weighted by molar-refractivity contribution is 7.47. The van der Waals surface area contributed by atoms with E-state index in [9.17, 15) is 40.1 Å². The van der Waals surface area contributed by atoms with Gasteiger partial charge >= 0.3 is 7.82 Å². The van der Waals surface area contributed by atoms with E-state index in [0.717, 1.165) is 0 Å². The number of fused-ring (bicyclic) bond motifs is 2. The molecule has 0 aromatic heterocycles. The van der Waals surface area contributed by atoms with Crippen LogP contribution in [0.4, 0.5) is 0 Å². The molecule has 1 aliphatic carbocycles. The van der Waals surface area contributed by atoms with Crippen LogP contribution in [0.1, 0.15) is 0 Å². The highest BCUT2D eigenvalue weighted by Gasteiger charge is 2.85. The first-order valence-corrected chi connectivity index (χ1v) is 9.27. The maximum Gasteiger partial charge on any atom is 0.472 e. The Morgan fingerprint density at radius 1 is 1.15 bits per heavy atom. The van der Waals surface area contributed by atoms with Crippen LogP contribution in [-0.2, 0) is 27.8 Å². The minimum Gasteiger partial charge on any atom is -0.393 e. The van der Waals surface area contributed by atoms with Gasteiger partial charge in [-0.15, -0.1) is 0 Å². The maximum atomic E-state index is 11.4. The molecule has 7 N–H and O–H groups in total. The molecular formula is C12H19O13P. The highest BCUT2D eigenvalue weighted by Crippen LogP contribution is 2.58. The molecule has 3 saturated heterocycles. The van der Waals surface area contributed by atoms with Crippen molar-refractivity contribution in [1.82, 2.24) is 0 Å². The fourth-order valence-corrected chi connectivity index (χ4v) is 4.72. The zero-order valence-electron chi connectivity index (χ0n) is 13.1. The van der Waals surface area contributed by atoms with E-state index in [1.165, 1.54) is 0 Å². The number of phosphoric acid groups is 1. The zero-order chi connectivity index (χ0) is 19.1. The molecule has 13 nitrogen and oxygen atoms in total. The van der Waals surface area contributed by atoms with E-state index in [1.54, 1.807) is 0 Å². The van der Waals surface area contributed by atoms with Gasteiger partial charge in [0, 0.05) is 0 Å². The standard InChI is InChI=1S/C12H19O13P/c13-2-11-7(16)8(17)12(11,18)10(24-11)23-9-5(15)4(14)6-3(22-9)1-21-26(19,20)25-6/h3-10,13-18H,1-2H2,(H,19,20). The Morgan fingerprint density at radius 2 is 1.85 bits per heavy atom. The molecule has 150 valence electrons. The van der Waals surface area contributed by atoms with E-state index < -0.39 is 81.4 Å². The summed E-state index contributed by atoms with van der Waals surface area (Å²) in [6, 6.07) is 0. The molecule has 26 heavy (non-hydrogen) atoms. The number of ether oxygens (including phenoxy) is 3. The Labute approximate surface area is 145 Å². The van der Waals surface area contributed by atoms with Crippen molar-refractivity contribution in [2.75, 3.05) is 13.2 Å². The molecule has 0 aromatic rings. The Hall–Kier alpha value is -0.250. The third-order valence-electron chi connectivity index (χ3n) is 5.37. The van der Waals surface area contributed by atoms with Crippen LogP contribution in [0.3, 0.4) is 0 Å². The number of rotatable bonds is 3. The molecule has 4 rings (SSSR count). The fourth-order valence-electron chi connectivity index (χ4n) is 3.76. The topological polar surface area (TPSA) is 205 Å². The predicted molar refractivity (Wildman–Crippen MR) is 74.1 cm³/mol.